The van der Waals surface area contributed by atoms with Crippen LogP contribution in [-0.4, -0.2) is 47.4 Å². The first-order valence-corrected chi connectivity index (χ1v) is 37.1. The summed E-state index contributed by atoms with van der Waals surface area (Å²) in [4.78, 5) is 24.6. The summed E-state index contributed by atoms with van der Waals surface area (Å²) < 4.78 is 5.49. The molecule has 0 aromatic carbocycles. The highest BCUT2D eigenvalue weighted by molar-refractivity contribution is 5.76. The lowest BCUT2D eigenvalue weighted by Crippen LogP contribution is -2.45. The second-order valence-corrected chi connectivity index (χ2v) is 25.3. The van der Waals surface area contributed by atoms with E-state index >= 15 is 0 Å². The van der Waals surface area contributed by atoms with Crippen molar-refractivity contribution in [3.8, 4) is 0 Å². The Morgan fingerprint density at radius 3 is 0.928 bits per heavy atom. The molecule has 1 amide bonds. The summed E-state index contributed by atoms with van der Waals surface area (Å²) in [5.41, 5.74) is 0. The number of allylic oxidation sites excluding steroid dienone is 9. The second-order valence-electron chi connectivity index (χ2n) is 25.3. The van der Waals surface area contributed by atoms with E-state index in [1.54, 1.807) is 6.08 Å². The number of ether oxygens (including phenoxy) is 1. The summed E-state index contributed by atoms with van der Waals surface area (Å²) in [5.74, 6) is -0.0712. The molecule has 0 aliphatic heterocycles. The van der Waals surface area contributed by atoms with Gasteiger partial charge in [-0.05, 0) is 96.3 Å². The zero-order chi connectivity index (χ0) is 59.9. The Bertz CT molecular complexity index is 1430. The molecule has 6 heteroatoms. The molecule has 0 radical (unpaired) electrons. The summed E-state index contributed by atoms with van der Waals surface area (Å²) in [5, 5.41) is 23.3. The van der Waals surface area contributed by atoms with Gasteiger partial charge in [-0.15, -0.1) is 0 Å². The smallest absolute Gasteiger partial charge is 0.305 e. The van der Waals surface area contributed by atoms with E-state index in [1.165, 1.54) is 308 Å². The van der Waals surface area contributed by atoms with Crippen LogP contribution in [0, 0.1) is 0 Å². The highest BCUT2D eigenvalue weighted by atomic mass is 16.5. The summed E-state index contributed by atoms with van der Waals surface area (Å²) in [6.45, 7) is 4.91. The van der Waals surface area contributed by atoms with Gasteiger partial charge in [-0.3, -0.25) is 9.59 Å². The van der Waals surface area contributed by atoms with Crippen LogP contribution in [0.5, 0.6) is 0 Å². The molecule has 486 valence electrons. The van der Waals surface area contributed by atoms with Gasteiger partial charge in [0, 0.05) is 12.8 Å². The molecule has 0 heterocycles. The zero-order valence-corrected chi connectivity index (χ0v) is 55.7. The van der Waals surface area contributed by atoms with Crippen LogP contribution in [-0.2, 0) is 14.3 Å². The Morgan fingerprint density at radius 2 is 0.602 bits per heavy atom. The minimum Gasteiger partial charge on any atom is -0.466 e. The van der Waals surface area contributed by atoms with Crippen LogP contribution in [0.3, 0.4) is 0 Å². The Hall–Kier alpha value is -2.44. The molecular weight excluding hydrogens is 1020 g/mol. The third kappa shape index (κ3) is 68.5. The van der Waals surface area contributed by atoms with Crippen molar-refractivity contribution in [1.29, 1.82) is 0 Å². The Kier molecular flexibility index (Phi) is 69.9. The molecule has 0 fully saturated rings. The summed E-state index contributed by atoms with van der Waals surface area (Å²) in [6, 6.07) is -0.633. The first-order chi connectivity index (χ1) is 41.0. The number of aliphatic hydroxyl groups excluding tert-OH is 2. The maximum Gasteiger partial charge on any atom is 0.305 e. The molecule has 83 heavy (non-hydrogen) atoms. The first-order valence-electron chi connectivity index (χ1n) is 37.1. The van der Waals surface area contributed by atoms with E-state index in [-0.39, 0.29) is 18.5 Å². The Labute approximate surface area is 518 Å². The number of carbonyl (C=O) groups excluding carboxylic acids is 2. The highest BCUT2D eigenvalue weighted by Gasteiger charge is 2.18. The van der Waals surface area contributed by atoms with Crippen molar-refractivity contribution in [3.63, 3.8) is 0 Å². The fourth-order valence-electron chi connectivity index (χ4n) is 11.3. The molecule has 2 atom stereocenters. The maximum atomic E-state index is 12.5. The molecule has 3 N–H and O–H groups in total. The quantitative estimate of drug-likeness (QED) is 0.0320. The normalized spacial score (nSPS) is 12.9. The van der Waals surface area contributed by atoms with Gasteiger partial charge in [-0.2, -0.15) is 0 Å². The number of hydrogen-bond donors (Lipinski definition) is 3. The summed E-state index contributed by atoms with van der Waals surface area (Å²) in [6.07, 6.45) is 95.9. The molecule has 6 nitrogen and oxygen atoms in total. The van der Waals surface area contributed by atoms with E-state index in [1.807, 2.05) is 6.08 Å². The molecule has 0 rings (SSSR count). The van der Waals surface area contributed by atoms with Crippen LogP contribution >= 0.6 is 0 Å². The topological polar surface area (TPSA) is 95.9 Å². The minimum atomic E-state index is -0.849. The number of unbranched alkanes of at least 4 members (excludes halogenated alkanes) is 50. The molecule has 0 aromatic heterocycles. The lowest BCUT2D eigenvalue weighted by atomic mass is 10.0. The van der Waals surface area contributed by atoms with Crippen molar-refractivity contribution in [3.05, 3.63) is 60.8 Å². The summed E-state index contributed by atoms with van der Waals surface area (Å²) >= 11 is 0. The molecule has 0 saturated heterocycles. The van der Waals surface area contributed by atoms with Crippen LogP contribution < -0.4 is 5.32 Å². The molecule has 0 bridgehead atoms. The van der Waals surface area contributed by atoms with Gasteiger partial charge < -0.3 is 20.3 Å². The summed E-state index contributed by atoms with van der Waals surface area (Å²) in [7, 11) is 0. The molecule has 0 aliphatic rings. The second kappa shape index (κ2) is 72.0. The van der Waals surface area contributed by atoms with E-state index < -0.39 is 12.1 Å². The lowest BCUT2D eigenvalue weighted by molar-refractivity contribution is -0.143. The van der Waals surface area contributed by atoms with Gasteiger partial charge in [0.25, 0.3) is 0 Å². The van der Waals surface area contributed by atoms with E-state index in [4.69, 9.17) is 4.74 Å². The van der Waals surface area contributed by atoms with Gasteiger partial charge in [0.1, 0.15) is 0 Å². The lowest BCUT2D eigenvalue weighted by Gasteiger charge is -2.20. The van der Waals surface area contributed by atoms with Gasteiger partial charge in [-0.25, -0.2) is 0 Å². The van der Waals surface area contributed by atoms with Gasteiger partial charge in [0.05, 0.1) is 25.4 Å². The predicted molar refractivity (Wildman–Crippen MR) is 365 cm³/mol. The third-order valence-electron chi connectivity index (χ3n) is 17.0. The number of rotatable bonds is 69. The number of amides is 1. The van der Waals surface area contributed by atoms with Crippen LogP contribution in [0.4, 0.5) is 0 Å². The number of aliphatic hydroxyl groups is 2. The van der Waals surface area contributed by atoms with Crippen LogP contribution in [0.25, 0.3) is 0 Å². The molecule has 0 saturated carbocycles. The van der Waals surface area contributed by atoms with Gasteiger partial charge >= 0.3 is 5.97 Å². The average molecular weight is 1160 g/mol. The van der Waals surface area contributed by atoms with Gasteiger partial charge in [0.2, 0.25) is 5.91 Å². The van der Waals surface area contributed by atoms with Gasteiger partial charge in [0.15, 0.2) is 0 Å². The number of hydrogen-bond acceptors (Lipinski definition) is 5. The highest BCUT2D eigenvalue weighted by Crippen LogP contribution is 2.18. The van der Waals surface area contributed by atoms with Crippen LogP contribution in [0.2, 0.25) is 0 Å². The maximum absolute atomic E-state index is 12.5. The van der Waals surface area contributed by atoms with E-state index in [0.29, 0.717) is 19.4 Å². The minimum absolute atomic E-state index is 0.00316. The predicted octanol–water partition coefficient (Wildman–Crippen LogP) is 24.2. The van der Waals surface area contributed by atoms with Crippen molar-refractivity contribution < 1.29 is 24.5 Å². The molecule has 2 unspecified atom stereocenters. The molecule has 0 aromatic rings. The van der Waals surface area contributed by atoms with E-state index in [2.05, 4.69) is 67.8 Å². The van der Waals surface area contributed by atoms with E-state index in [9.17, 15) is 19.8 Å². The van der Waals surface area contributed by atoms with E-state index in [0.717, 1.165) is 57.8 Å². The van der Waals surface area contributed by atoms with Crippen molar-refractivity contribution in [2.45, 2.75) is 405 Å². The van der Waals surface area contributed by atoms with Crippen molar-refractivity contribution >= 4 is 11.9 Å². The fraction of sp³-hybridized carbons (Fsp3) is 0.844. The Morgan fingerprint density at radius 1 is 0.337 bits per heavy atom. The van der Waals surface area contributed by atoms with Crippen LogP contribution in [0.1, 0.15) is 393 Å². The number of esters is 1. The first kappa shape index (κ1) is 80.6. The third-order valence-corrected chi connectivity index (χ3v) is 17.0. The zero-order valence-electron chi connectivity index (χ0n) is 55.7. The van der Waals surface area contributed by atoms with Crippen molar-refractivity contribution in [2.75, 3.05) is 13.2 Å². The monoisotopic (exact) mass is 1160 g/mol. The number of nitrogens with one attached hydrogen (secondary N) is 1. The standard InChI is InChI=1S/C77H143NO5/c1-3-5-7-9-11-13-15-17-19-21-22-23-29-32-35-38-41-45-49-53-57-61-65-69-75(80)74(73-79)78-76(81)70-66-62-58-54-50-46-42-39-36-33-30-27-25-24-26-28-31-34-37-40-44-48-52-56-60-64-68-72-83-77(82)71-67-63-59-55-51-47-43-20-18-16-14-12-10-8-6-4-2/h14,16,20,24-25,28,31,43,65,69,74-75,79-80H,3-13,15,17-19,21-23,26-27,29-30,32-42,44-64,66-68,70-73H2,1-2H3,(H,78,81)/b16-14-,25-24-,31-28-,43-20-,69-65+. The fourth-order valence-corrected chi connectivity index (χ4v) is 11.3. The average Bonchev–Trinajstić information content (AvgIpc) is 3.49. The van der Waals surface area contributed by atoms with Gasteiger partial charge in [-0.1, -0.05) is 344 Å². The number of carbonyl (C=O) groups is 2. The SMILES string of the molecule is CCCCCC/C=C\C/C=C\CCCCCCCC(=O)OCCCCCCCCCCC/C=C\C/C=C\CCCCCCCCCCCCCC(=O)NC(CO)C(O)/C=C/CCCCCCCCCCCCCCCCCCCCCCC. The van der Waals surface area contributed by atoms with Crippen molar-refractivity contribution in [2.24, 2.45) is 0 Å². The van der Waals surface area contributed by atoms with Crippen LogP contribution in [0.15, 0.2) is 60.8 Å². The van der Waals surface area contributed by atoms with Crippen molar-refractivity contribution in [1.82, 2.24) is 5.32 Å². The molecule has 0 aliphatic carbocycles. The molecule has 0 spiro atoms. The Balaban J connectivity index is 3.45. The molecular formula is C77H143NO5. The largest absolute Gasteiger partial charge is 0.466 e.